The lowest BCUT2D eigenvalue weighted by molar-refractivity contribution is -0.131. The summed E-state index contributed by atoms with van der Waals surface area (Å²) in [4.78, 5) is 13.9. The summed E-state index contributed by atoms with van der Waals surface area (Å²) >= 11 is 0. The molecule has 0 aromatic heterocycles. The predicted molar refractivity (Wildman–Crippen MR) is 71.6 cm³/mol. The zero-order chi connectivity index (χ0) is 13.7. The molecule has 2 rings (SSSR count). The molecule has 0 unspecified atom stereocenters. The van der Waals surface area contributed by atoms with Gasteiger partial charge in [0.1, 0.15) is 5.75 Å². The molecule has 0 bridgehead atoms. The number of ether oxygens (including phenoxy) is 1. The molecule has 0 atom stereocenters. The third-order valence-electron chi connectivity index (χ3n) is 3.44. The third-order valence-corrected chi connectivity index (χ3v) is 3.44. The first-order valence-electron chi connectivity index (χ1n) is 6.59. The summed E-state index contributed by atoms with van der Waals surface area (Å²) in [6.45, 7) is 1.32. The Kier molecular flexibility index (Phi) is 4.40. The number of benzene rings is 1. The lowest BCUT2D eigenvalue weighted by Crippen LogP contribution is -2.29. The highest BCUT2D eigenvalue weighted by molar-refractivity contribution is 5.76. The minimum atomic E-state index is 0.196. The zero-order valence-electron chi connectivity index (χ0n) is 11.2. The van der Waals surface area contributed by atoms with Crippen molar-refractivity contribution in [2.24, 2.45) is 0 Å². The van der Waals surface area contributed by atoms with E-state index >= 15 is 0 Å². The fourth-order valence-corrected chi connectivity index (χ4v) is 2.38. The second-order valence-electron chi connectivity index (χ2n) is 4.76. The molecule has 0 N–H and O–H groups in total. The molecule has 1 aliphatic rings. The standard InChI is InChI=1S/C15H18N2O2/c1-19-14-7-6-12(10-16)9-13(14)11-17-8-4-2-3-5-15(17)18/h6-7,9H,2-5,8,11H2,1H3. The molecule has 1 saturated heterocycles. The smallest absolute Gasteiger partial charge is 0.222 e. The number of hydrogen-bond donors (Lipinski definition) is 0. The monoisotopic (exact) mass is 258 g/mol. The van der Waals surface area contributed by atoms with Crippen molar-refractivity contribution in [2.75, 3.05) is 13.7 Å². The molecule has 0 saturated carbocycles. The van der Waals surface area contributed by atoms with Gasteiger partial charge in [-0.05, 0) is 31.0 Å². The zero-order valence-corrected chi connectivity index (χ0v) is 11.2. The van der Waals surface area contributed by atoms with E-state index in [-0.39, 0.29) is 5.91 Å². The van der Waals surface area contributed by atoms with Gasteiger partial charge in [0.05, 0.1) is 18.7 Å². The van der Waals surface area contributed by atoms with Crippen molar-refractivity contribution in [2.45, 2.75) is 32.2 Å². The van der Waals surface area contributed by atoms with Crippen LogP contribution in [0.15, 0.2) is 18.2 Å². The number of nitrogens with zero attached hydrogens (tertiary/aromatic N) is 2. The number of likely N-dealkylation sites (tertiary alicyclic amines) is 1. The number of amides is 1. The number of nitriles is 1. The average molecular weight is 258 g/mol. The van der Waals surface area contributed by atoms with E-state index in [1.54, 1.807) is 25.3 Å². The molecule has 1 amide bonds. The minimum Gasteiger partial charge on any atom is -0.496 e. The van der Waals surface area contributed by atoms with Crippen molar-refractivity contribution in [1.82, 2.24) is 4.90 Å². The van der Waals surface area contributed by atoms with Crippen molar-refractivity contribution < 1.29 is 9.53 Å². The van der Waals surface area contributed by atoms with E-state index < -0.39 is 0 Å². The average Bonchev–Trinajstić information content (AvgIpc) is 2.64. The highest BCUT2D eigenvalue weighted by atomic mass is 16.5. The Balaban J connectivity index is 2.21. The van der Waals surface area contributed by atoms with Gasteiger partial charge in [0.2, 0.25) is 5.91 Å². The van der Waals surface area contributed by atoms with Crippen LogP contribution in [-0.4, -0.2) is 24.5 Å². The Labute approximate surface area is 113 Å². The first-order chi connectivity index (χ1) is 9.24. The number of hydrogen-bond acceptors (Lipinski definition) is 3. The van der Waals surface area contributed by atoms with Crippen LogP contribution in [0.3, 0.4) is 0 Å². The normalized spacial score (nSPS) is 15.8. The van der Waals surface area contributed by atoms with Gasteiger partial charge >= 0.3 is 0 Å². The number of rotatable bonds is 3. The molecule has 1 aromatic carbocycles. The maximum Gasteiger partial charge on any atom is 0.222 e. The molecular weight excluding hydrogens is 240 g/mol. The molecule has 0 radical (unpaired) electrons. The Hall–Kier alpha value is -2.02. The molecule has 1 fully saturated rings. The molecular formula is C15H18N2O2. The number of methoxy groups -OCH3 is 1. The van der Waals surface area contributed by atoms with Crippen molar-refractivity contribution >= 4 is 5.91 Å². The minimum absolute atomic E-state index is 0.196. The van der Waals surface area contributed by atoms with Crippen LogP contribution in [0.5, 0.6) is 5.75 Å². The van der Waals surface area contributed by atoms with Crippen LogP contribution in [0, 0.1) is 11.3 Å². The van der Waals surface area contributed by atoms with E-state index in [9.17, 15) is 4.79 Å². The lowest BCUT2D eigenvalue weighted by atomic mass is 10.1. The van der Waals surface area contributed by atoms with Gasteiger partial charge in [0, 0.05) is 25.1 Å². The fourth-order valence-electron chi connectivity index (χ4n) is 2.38. The van der Waals surface area contributed by atoms with Gasteiger partial charge in [0.15, 0.2) is 0 Å². The molecule has 0 aliphatic carbocycles. The van der Waals surface area contributed by atoms with Crippen LogP contribution in [0.4, 0.5) is 0 Å². The van der Waals surface area contributed by atoms with E-state index in [1.165, 1.54) is 0 Å². The molecule has 0 spiro atoms. The van der Waals surface area contributed by atoms with Gasteiger partial charge in [-0.15, -0.1) is 0 Å². The Morgan fingerprint density at radius 2 is 2.21 bits per heavy atom. The maximum atomic E-state index is 12.0. The summed E-state index contributed by atoms with van der Waals surface area (Å²) in [5.74, 6) is 0.929. The second-order valence-corrected chi connectivity index (χ2v) is 4.76. The van der Waals surface area contributed by atoms with Gasteiger partial charge in [-0.25, -0.2) is 0 Å². The second kappa shape index (κ2) is 6.24. The maximum absolute atomic E-state index is 12.0. The number of carbonyl (C=O) groups is 1. The third kappa shape index (κ3) is 3.25. The first-order valence-corrected chi connectivity index (χ1v) is 6.59. The summed E-state index contributed by atoms with van der Waals surface area (Å²) in [6, 6.07) is 7.44. The SMILES string of the molecule is COc1ccc(C#N)cc1CN1CCCCCC1=O. The van der Waals surface area contributed by atoms with Crippen LogP contribution in [0.2, 0.25) is 0 Å². The Bertz CT molecular complexity index is 505. The van der Waals surface area contributed by atoms with Crippen LogP contribution in [0.1, 0.15) is 36.8 Å². The van der Waals surface area contributed by atoms with Crippen LogP contribution < -0.4 is 4.74 Å². The van der Waals surface area contributed by atoms with E-state index in [0.29, 0.717) is 18.5 Å². The summed E-state index contributed by atoms with van der Waals surface area (Å²) in [6.07, 6.45) is 3.76. The highest BCUT2D eigenvalue weighted by Crippen LogP contribution is 2.23. The molecule has 19 heavy (non-hydrogen) atoms. The molecule has 1 heterocycles. The van der Waals surface area contributed by atoms with Crippen molar-refractivity contribution in [3.63, 3.8) is 0 Å². The predicted octanol–water partition coefficient (Wildman–Crippen LogP) is 2.47. The van der Waals surface area contributed by atoms with Gasteiger partial charge in [-0.3, -0.25) is 4.79 Å². The van der Waals surface area contributed by atoms with E-state index in [1.807, 2.05) is 4.90 Å². The Morgan fingerprint density at radius 3 is 2.95 bits per heavy atom. The van der Waals surface area contributed by atoms with Gasteiger partial charge in [0.25, 0.3) is 0 Å². The van der Waals surface area contributed by atoms with E-state index in [2.05, 4.69) is 6.07 Å². The van der Waals surface area contributed by atoms with Crippen molar-refractivity contribution in [3.8, 4) is 11.8 Å². The van der Waals surface area contributed by atoms with E-state index in [4.69, 9.17) is 10.00 Å². The largest absolute Gasteiger partial charge is 0.496 e. The molecule has 1 aromatic rings. The first kappa shape index (κ1) is 13.4. The van der Waals surface area contributed by atoms with Crippen molar-refractivity contribution in [3.05, 3.63) is 29.3 Å². The summed E-state index contributed by atoms with van der Waals surface area (Å²) in [5, 5.41) is 8.96. The highest BCUT2D eigenvalue weighted by Gasteiger charge is 2.18. The molecule has 4 nitrogen and oxygen atoms in total. The van der Waals surface area contributed by atoms with Gasteiger partial charge < -0.3 is 9.64 Å². The molecule has 100 valence electrons. The Morgan fingerprint density at radius 1 is 1.37 bits per heavy atom. The van der Waals surface area contributed by atoms with Gasteiger partial charge in [-0.1, -0.05) is 6.42 Å². The summed E-state index contributed by atoms with van der Waals surface area (Å²) in [7, 11) is 1.61. The van der Waals surface area contributed by atoms with Crippen LogP contribution in [-0.2, 0) is 11.3 Å². The summed E-state index contributed by atoms with van der Waals surface area (Å²) in [5.41, 5.74) is 1.50. The lowest BCUT2D eigenvalue weighted by Gasteiger charge is -2.21. The van der Waals surface area contributed by atoms with Gasteiger partial charge in [-0.2, -0.15) is 5.26 Å². The van der Waals surface area contributed by atoms with Crippen molar-refractivity contribution in [1.29, 1.82) is 5.26 Å². The molecule has 1 aliphatic heterocycles. The summed E-state index contributed by atoms with van der Waals surface area (Å²) < 4.78 is 5.31. The number of carbonyl (C=O) groups excluding carboxylic acids is 1. The fraction of sp³-hybridized carbons (Fsp3) is 0.467. The van der Waals surface area contributed by atoms with E-state index in [0.717, 1.165) is 37.1 Å². The quantitative estimate of drug-likeness (QED) is 0.837. The van der Waals surface area contributed by atoms with Crippen LogP contribution >= 0.6 is 0 Å². The topological polar surface area (TPSA) is 53.3 Å². The van der Waals surface area contributed by atoms with Crippen LogP contribution in [0.25, 0.3) is 0 Å². The molecule has 4 heteroatoms.